The lowest BCUT2D eigenvalue weighted by molar-refractivity contribution is 0.0533. The molecule has 0 aliphatic carbocycles. The van der Waals surface area contributed by atoms with E-state index in [1.165, 1.54) is 0 Å². The number of halogens is 1. The van der Waals surface area contributed by atoms with Gasteiger partial charge in [-0.25, -0.2) is 0 Å². The van der Waals surface area contributed by atoms with E-state index in [1.54, 1.807) is 6.20 Å². The van der Waals surface area contributed by atoms with Crippen LogP contribution in [0.25, 0.3) is 0 Å². The molecule has 2 heterocycles. The topological polar surface area (TPSA) is 64.2 Å². The first-order chi connectivity index (χ1) is 9.11. The van der Waals surface area contributed by atoms with Gasteiger partial charge in [0.25, 0.3) is 5.91 Å². The molecule has 5 nitrogen and oxygen atoms in total. The van der Waals surface area contributed by atoms with Crippen molar-refractivity contribution in [3.8, 4) is 0 Å². The van der Waals surface area contributed by atoms with Crippen molar-refractivity contribution in [3.05, 3.63) is 18.0 Å². The summed E-state index contributed by atoms with van der Waals surface area (Å²) in [6.45, 7) is 11.9. The normalized spacial score (nSPS) is 21.8. The molecular weight excluding hydrogens is 288 g/mol. The van der Waals surface area contributed by atoms with E-state index in [-0.39, 0.29) is 35.3 Å². The molecule has 120 valence electrons. The molecule has 0 spiro atoms. The number of aromatic nitrogens is 2. The molecule has 1 aliphatic heterocycles. The van der Waals surface area contributed by atoms with Crippen LogP contribution in [-0.2, 0) is 5.54 Å². The smallest absolute Gasteiger partial charge is 0.257 e. The fourth-order valence-corrected chi connectivity index (χ4v) is 2.53. The SMILES string of the molecule is CC1(C)CN(C(=O)c2cnn(C(C)(C)C)c2)CCC1N.Cl. The molecule has 0 radical (unpaired) electrons. The Balaban J connectivity index is 0.00000220. The van der Waals surface area contributed by atoms with Gasteiger partial charge in [0.1, 0.15) is 0 Å². The molecule has 1 amide bonds. The number of nitrogens with two attached hydrogens (primary N) is 1. The first-order valence-corrected chi connectivity index (χ1v) is 7.21. The number of likely N-dealkylation sites (tertiary alicyclic amines) is 1. The van der Waals surface area contributed by atoms with E-state index in [0.29, 0.717) is 12.1 Å². The Hall–Kier alpha value is -1.07. The summed E-state index contributed by atoms with van der Waals surface area (Å²) in [6.07, 6.45) is 4.35. The molecule has 6 heteroatoms. The van der Waals surface area contributed by atoms with Crippen molar-refractivity contribution in [2.24, 2.45) is 11.1 Å². The fourth-order valence-electron chi connectivity index (χ4n) is 2.53. The Morgan fingerprint density at radius 1 is 1.43 bits per heavy atom. The predicted octanol–water partition coefficient (Wildman–Crippen LogP) is 2.26. The number of amides is 1. The van der Waals surface area contributed by atoms with E-state index < -0.39 is 0 Å². The highest BCUT2D eigenvalue weighted by Crippen LogP contribution is 2.28. The van der Waals surface area contributed by atoms with Crippen molar-refractivity contribution in [2.45, 2.75) is 52.6 Å². The van der Waals surface area contributed by atoms with Crippen molar-refractivity contribution in [1.82, 2.24) is 14.7 Å². The molecule has 1 aromatic heterocycles. The van der Waals surface area contributed by atoms with Gasteiger partial charge in [0.2, 0.25) is 0 Å². The first kappa shape index (κ1) is 18.0. The second-order valence-electron chi connectivity index (χ2n) is 7.45. The minimum atomic E-state index is -0.109. The number of rotatable bonds is 1. The maximum absolute atomic E-state index is 12.6. The number of carbonyl (C=O) groups excluding carboxylic acids is 1. The Labute approximate surface area is 133 Å². The summed E-state index contributed by atoms with van der Waals surface area (Å²) in [5.74, 6) is 0.0560. The Morgan fingerprint density at radius 2 is 2.05 bits per heavy atom. The quantitative estimate of drug-likeness (QED) is 0.864. The van der Waals surface area contributed by atoms with Gasteiger partial charge in [-0.1, -0.05) is 13.8 Å². The highest BCUT2D eigenvalue weighted by molar-refractivity contribution is 5.93. The van der Waals surface area contributed by atoms with Crippen LogP contribution in [-0.4, -0.2) is 39.7 Å². The van der Waals surface area contributed by atoms with Gasteiger partial charge >= 0.3 is 0 Å². The molecule has 1 unspecified atom stereocenters. The molecule has 1 fully saturated rings. The molecule has 21 heavy (non-hydrogen) atoms. The third-order valence-electron chi connectivity index (χ3n) is 4.12. The lowest BCUT2D eigenvalue weighted by Gasteiger charge is -2.42. The third kappa shape index (κ3) is 3.77. The average Bonchev–Trinajstić information content (AvgIpc) is 2.80. The highest BCUT2D eigenvalue weighted by Gasteiger charge is 2.36. The number of hydrogen-bond acceptors (Lipinski definition) is 3. The Kier molecular flexibility index (Phi) is 5.11. The molecule has 2 rings (SSSR count). The monoisotopic (exact) mass is 314 g/mol. The van der Waals surface area contributed by atoms with Gasteiger partial charge in [0.15, 0.2) is 0 Å². The minimum absolute atomic E-state index is 0. The zero-order valence-electron chi connectivity index (χ0n) is 13.6. The molecule has 2 N–H and O–H groups in total. The van der Waals surface area contributed by atoms with E-state index in [0.717, 1.165) is 13.0 Å². The van der Waals surface area contributed by atoms with Crippen molar-refractivity contribution in [3.63, 3.8) is 0 Å². The van der Waals surface area contributed by atoms with Crippen molar-refractivity contribution >= 4 is 18.3 Å². The number of carbonyl (C=O) groups is 1. The second kappa shape index (κ2) is 5.97. The zero-order chi connectivity index (χ0) is 15.1. The highest BCUT2D eigenvalue weighted by atomic mass is 35.5. The van der Waals surface area contributed by atoms with Crippen molar-refractivity contribution < 1.29 is 4.79 Å². The van der Waals surface area contributed by atoms with Crippen LogP contribution < -0.4 is 5.73 Å². The number of nitrogens with zero attached hydrogens (tertiary/aromatic N) is 3. The van der Waals surface area contributed by atoms with Gasteiger partial charge in [-0.05, 0) is 32.6 Å². The number of hydrogen-bond donors (Lipinski definition) is 1. The lowest BCUT2D eigenvalue weighted by Crippen LogP contribution is -2.53. The van der Waals surface area contributed by atoms with Gasteiger partial charge in [-0.2, -0.15) is 5.10 Å². The summed E-state index contributed by atoms with van der Waals surface area (Å²) >= 11 is 0. The van der Waals surface area contributed by atoms with Crippen LogP contribution in [0.15, 0.2) is 12.4 Å². The summed E-state index contributed by atoms with van der Waals surface area (Å²) in [5, 5.41) is 4.30. The zero-order valence-corrected chi connectivity index (χ0v) is 14.4. The molecule has 0 bridgehead atoms. The van der Waals surface area contributed by atoms with E-state index in [9.17, 15) is 4.79 Å². The van der Waals surface area contributed by atoms with Gasteiger partial charge in [-0.15, -0.1) is 12.4 Å². The van der Waals surface area contributed by atoms with E-state index in [1.807, 2.05) is 15.8 Å². The summed E-state index contributed by atoms with van der Waals surface area (Å²) in [6, 6.07) is 0.156. The number of piperidine rings is 1. The summed E-state index contributed by atoms with van der Waals surface area (Å²) < 4.78 is 1.83. The predicted molar refractivity (Wildman–Crippen MR) is 86.7 cm³/mol. The van der Waals surface area contributed by atoms with E-state index in [2.05, 4.69) is 39.7 Å². The largest absolute Gasteiger partial charge is 0.338 e. The lowest BCUT2D eigenvalue weighted by atomic mass is 9.79. The molecular formula is C15H27ClN4O. The maximum atomic E-state index is 12.6. The Morgan fingerprint density at radius 3 is 2.52 bits per heavy atom. The van der Waals surface area contributed by atoms with Crippen LogP contribution in [0.4, 0.5) is 0 Å². The molecule has 0 saturated carbocycles. The average molecular weight is 315 g/mol. The molecule has 1 atom stereocenters. The van der Waals surface area contributed by atoms with Crippen LogP contribution in [0, 0.1) is 5.41 Å². The van der Waals surface area contributed by atoms with Crippen LogP contribution >= 0.6 is 12.4 Å². The second-order valence-corrected chi connectivity index (χ2v) is 7.45. The van der Waals surface area contributed by atoms with Crippen LogP contribution in [0.1, 0.15) is 51.4 Å². The molecule has 1 aliphatic rings. The van der Waals surface area contributed by atoms with E-state index >= 15 is 0 Å². The summed E-state index contributed by atoms with van der Waals surface area (Å²) in [7, 11) is 0. The summed E-state index contributed by atoms with van der Waals surface area (Å²) in [5.41, 5.74) is 6.64. The van der Waals surface area contributed by atoms with Crippen LogP contribution in [0.3, 0.4) is 0 Å². The summed E-state index contributed by atoms with van der Waals surface area (Å²) in [4.78, 5) is 14.5. The fraction of sp³-hybridized carbons (Fsp3) is 0.733. The third-order valence-corrected chi connectivity index (χ3v) is 4.12. The van der Waals surface area contributed by atoms with Gasteiger partial charge < -0.3 is 10.6 Å². The molecule has 1 aromatic rings. The molecule has 0 aromatic carbocycles. The van der Waals surface area contributed by atoms with Gasteiger partial charge in [0.05, 0.1) is 17.3 Å². The first-order valence-electron chi connectivity index (χ1n) is 7.21. The van der Waals surface area contributed by atoms with Gasteiger partial charge in [0, 0.05) is 25.3 Å². The van der Waals surface area contributed by atoms with Crippen molar-refractivity contribution in [1.29, 1.82) is 0 Å². The van der Waals surface area contributed by atoms with E-state index in [4.69, 9.17) is 5.73 Å². The van der Waals surface area contributed by atoms with Crippen LogP contribution in [0.2, 0.25) is 0 Å². The van der Waals surface area contributed by atoms with Gasteiger partial charge in [-0.3, -0.25) is 9.48 Å². The van der Waals surface area contributed by atoms with Crippen LogP contribution in [0.5, 0.6) is 0 Å². The van der Waals surface area contributed by atoms with Crippen molar-refractivity contribution in [2.75, 3.05) is 13.1 Å². The Bertz CT molecular complexity index is 504. The molecule has 1 saturated heterocycles. The minimum Gasteiger partial charge on any atom is -0.338 e. The standard InChI is InChI=1S/C15H26N4O.ClH/c1-14(2,3)19-9-11(8-17-19)13(20)18-7-6-12(16)15(4,5)10-18;/h8-9,12H,6-7,10,16H2,1-5H3;1H. The maximum Gasteiger partial charge on any atom is 0.257 e.